The van der Waals surface area contributed by atoms with Crippen molar-refractivity contribution in [3.63, 3.8) is 0 Å². The molecular weight excluding hydrogens is 258 g/mol. The lowest BCUT2D eigenvalue weighted by Crippen LogP contribution is -2.15. The Morgan fingerprint density at radius 1 is 1.33 bits per heavy atom. The van der Waals surface area contributed by atoms with Gasteiger partial charge in [-0.15, -0.1) is 0 Å². The van der Waals surface area contributed by atoms with Crippen LogP contribution in [-0.2, 0) is 0 Å². The zero-order valence-electron chi connectivity index (χ0n) is 7.68. The molecule has 0 aliphatic rings. The molecule has 0 aliphatic heterocycles. The summed E-state index contributed by atoms with van der Waals surface area (Å²) in [6.07, 6.45) is 1.63. The minimum absolute atomic E-state index is 0.0127. The molecule has 3 N–H and O–H groups in total. The van der Waals surface area contributed by atoms with Gasteiger partial charge in [0.15, 0.2) is 5.84 Å². The highest BCUT2D eigenvalue weighted by Gasteiger charge is 2.07. The van der Waals surface area contributed by atoms with Gasteiger partial charge >= 0.3 is 0 Å². The lowest BCUT2D eigenvalue weighted by Gasteiger charge is -2.04. The number of fused-ring (bicyclic) bond motifs is 1. The number of amidine groups is 1. The SMILES string of the molecule is NC(=NO)c1nccc2c(Br)cccc12. The summed E-state index contributed by atoms with van der Waals surface area (Å²) in [5, 5.41) is 13.4. The van der Waals surface area contributed by atoms with Crippen LogP contribution in [0.1, 0.15) is 5.69 Å². The Hall–Kier alpha value is -1.62. The number of pyridine rings is 1. The highest BCUT2D eigenvalue weighted by Crippen LogP contribution is 2.24. The molecule has 15 heavy (non-hydrogen) atoms. The molecule has 5 heteroatoms. The summed E-state index contributed by atoms with van der Waals surface area (Å²) in [6.45, 7) is 0. The molecule has 4 nitrogen and oxygen atoms in total. The number of halogens is 1. The number of oxime groups is 1. The molecule has 2 aromatic rings. The molecule has 1 aromatic heterocycles. The summed E-state index contributed by atoms with van der Waals surface area (Å²) >= 11 is 3.43. The van der Waals surface area contributed by atoms with E-state index in [9.17, 15) is 0 Å². The van der Waals surface area contributed by atoms with Gasteiger partial charge in [0.05, 0.1) is 0 Å². The third-order valence-corrected chi connectivity index (χ3v) is 2.79. The van der Waals surface area contributed by atoms with Gasteiger partial charge in [-0.05, 0) is 17.5 Å². The molecule has 0 radical (unpaired) electrons. The number of hydrogen-bond donors (Lipinski definition) is 2. The summed E-state index contributed by atoms with van der Waals surface area (Å²) in [4.78, 5) is 4.08. The van der Waals surface area contributed by atoms with Crippen molar-refractivity contribution < 1.29 is 5.21 Å². The lowest BCUT2D eigenvalue weighted by molar-refractivity contribution is 0.318. The van der Waals surface area contributed by atoms with Gasteiger partial charge in [0.25, 0.3) is 0 Å². The van der Waals surface area contributed by atoms with Crippen LogP contribution >= 0.6 is 15.9 Å². The van der Waals surface area contributed by atoms with Crippen LogP contribution < -0.4 is 5.73 Å². The van der Waals surface area contributed by atoms with Gasteiger partial charge < -0.3 is 10.9 Å². The molecule has 0 spiro atoms. The van der Waals surface area contributed by atoms with E-state index in [0.717, 1.165) is 15.2 Å². The van der Waals surface area contributed by atoms with Crippen LogP contribution in [0.3, 0.4) is 0 Å². The number of nitrogens with two attached hydrogens (primary N) is 1. The Labute approximate surface area is 94.5 Å². The van der Waals surface area contributed by atoms with Crippen molar-refractivity contribution in [3.05, 3.63) is 40.6 Å². The van der Waals surface area contributed by atoms with E-state index < -0.39 is 0 Å². The second-order valence-corrected chi connectivity index (χ2v) is 3.83. The van der Waals surface area contributed by atoms with Crippen LogP contribution in [0.5, 0.6) is 0 Å². The van der Waals surface area contributed by atoms with Gasteiger partial charge in [0.2, 0.25) is 0 Å². The van der Waals surface area contributed by atoms with Crippen molar-refractivity contribution >= 4 is 32.5 Å². The summed E-state index contributed by atoms with van der Waals surface area (Å²) in [7, 11) is 0. The third kappa shape index (κ3) is 1.66. The molecule has 0 aliphatic carbocycles. The molecule has 1 heterocycles. The Morgan fingerprint density at radius 2 is 2.13 bits per heavy atom. The lowest BCUT2D eigenvalue weighted by atomic mass is 10.1. The van der Waals surface area contributed by atoms with Crippen molar-refractivity contribution in [2.45, 2.75) is 0 Å². The molecule has 2 rings (SSSR count). The molecule has 0 unspecified atom stereocenters. The first kappa shape index (κ1) is 9.92. The third-order valence-electron chi connectivity index (χ3n) is 2.10. The Bertz CT molecular complexity index is 539. The second-order valence-electron chi connectivity index (χ2n) is 2.98. The maximum absolute atomic E-state index is 8.63. The second kappa shape index (κ2) is 3.86. The number of rotatable bonds is 1. The van der Waals surface area contributed by atoms with Crippen LogP contribution in [0.25, 0.3) is 10.8 Å². The zero-order valence-corrected chi connectivity index (χ0v) is 9.27. The minimum atomic E-state index is 0.0127. The summed E-state index contributed by atoms with van der Waals surface area (Å²) in [5.74, 6) is 0.0127. The van der Waals surface area contributed by atoms with Crippen LogP contribution in [0, 0.1) is 0 Å². The molecule has 0 saturated carbocycles. The van der Waals surface area contributed by atoms with E-state index in [2.05, 4.69) is 26.1 Å². The minimum Gasteiger partial charge on any atom is -0.409 e. The fourth-order valence-corrected chi connectivity index (χ4v) is 1.92. The van der Waals surface area contributed by atoms with E-state index in [1.807, 2.05) is 24.3 Å². The van der Waals surface area contributed by atoms with Gasteiger partial charge in [-0.3, -0.25) is 4.98 Å². The molecule has 0 saturated heterocycles. The maximum Gasteiger partial charge on any atom is 0.189 e. The van der Waals surface area contributed by atoms with E-state index in [-0.39, 0.29) is 5.84 Å². The fourth-order valence-electron chi connectivity index (χ4n) is 1.42. The van der Waals surface area contributed by atoms with Crippen molar-refractivity contribution in [2.75, 3.05) is 0 Å². The highest BCUT2D eigenvalue weighted by atomic mass is 79.9. The first-order chi connectivity index (χ1) is 7.24. The summed E-state index contributed by atoms with van der Waals surface area (Å²) in [6, 6.07) is 7.55. The molecule has 0 bridgehead atoms. The van der Waals surface area contributed by atoms with Crippen molar-refractivity contribution in [2.24, 2.45) is 10.9 Å². The first-order valence-corrected chi connectivity index (χ1v) is 5.04. The number of nitrogens with zero attached hydrogens (tertiary/aromatic N) is 2. The Morgan fingerprint density at radius 3 is 2.87 bits per heavy atom. The van der Waals surface area contributed by atoms with Gasteiger partial charge in [0, 0.05) is 16.1 Å². The average Bonchev–Trinajstić information content (AvgIpc) is 2.28. The summed E-state index contributed by atoms with van der Waals surface area (Å²) < 4.78 is 0.953. The molecule has 76 valence electrons. The van der Waals surface area contributed by atoms with Crippen molar-refractivity contribution in [1.29, 1.82) is 0 Å². The molecule has 0 amide bonds. The maximum atomic E-state index is 8.63. The molecule has 1 aromatic carbocycles. The number of benzene rings is 1. The van der Waals surface area contributed by atoms with Gasteiger partial charge in [-0.2, -0.15) is 0 Å². The smallest absolute Gasteiger partial charge is 0.189 e. The van der Waals surface area contributed by atoms with Crippen molar-refractivity contribution in [3.8, 4) is 0 Å². The first-order valence-electron chi connectivity index (χ1n) is 4.25. The average molecular weight is 266 g/mol. The van der Waals surface area contributed by atoms with E-state index in [1.54, 1.807) is 6.20 Å². The monoisotopic (exact) mass is 265 g/mol. The number of hydrogen-bond acceptors (Lipinski definition) is 3. The molecule has 0 fully saturated rings. The summed E-state index contributed by atoms with van der Waals surface area (Å²) in [5.41, 5.74) is 6.02. The van der Waals surface area contributed by atoms with Crippen molar-refractivity contribution in [1.82, 2.24) is 4.98 Å². The number of aromatic nitrogens is 1. The quantitative estimate of drug-likeness (QED) is 0.359. The fraction of sp³-hybridized carbons (Fsp3) is 0. The van der Waals surface area contributed by atoms with Gasteiger partial charge in [-0.25, -0.2) is 0 Å². The van der Waals surface area contributed by atoms with Gasteiger partial charge in [-0.1, -0.05) is 33.2 Å². The topological polar surface area (TPSA) is 71.5 Å². The van der Waals surface area contributed by atoms with E-state index in [1.165, 1.54) is 0 Å². The Balaban J connectivity index is 2.83. The molecule has 0 atom stereocenters. The van der Waals surface area contributed by atoms with E-state index in [0.29, 0.717) is 5.69 Å². The van der Waals surface area contributed by atoms with Crippen LogP contribution in [-0.4, -0.2) is 16.0 Å². The highest BCUT2D eigenvalue weighted by molar-refractivity contribution is 9.10. The van der Waals surface area contributed by atoms with Crippen LogP contribution in [0.4, 0.5) is 0 Å². The predicted molar refractivity (Wildman–Crippen MR) is 62.0 cm³/mol. The van der Waals surface area contributed by atoms with Crippen LogP contribution in [0.2, 0.25) is 0 Å². The standard InChI is InChI=1S/C10H8BrN3O/c11-8-3-1-2-7-6(8)4-5-13-9(7)10(12)14-15/h1-5,15H,(H2,12,14). The van der Waals surface area contributed by atoms with E-state index >= 15 is 0 Å². The van der Waals surface area contributed by atoms with Crippen LogP contribution in [0.15, 0.2) is 40.1 Å². The zero-order chi connectivity index (χ0) is 10.8. The molecular formula is C10H8BrN3O. The normalized spacial score (nSPS) is 11.9. The van der Waals surface area contributed by atoms with E-state index in [4.69, 9.17) is 10.9 Å². The largest absolute Gasteiger partial charge is 0.409 e. The van der Waals surface area contributed by atoms with Gasteiger partial charge in [0.1, 0.15) is 5.69 Å². The Kier molecular flexibility index (Phi) is 2.55. The predicted octanol–water partition coefficient (Wildman–Crippen LogP) is 2.09.